The van der Waals surface area contributed by atoms with E-state index in [0.29, 0.717) is 79.8 Å². The second kappa shape index (κ2) is 22.1. The SMILES string of the molecule is CC(C)(C)OC(=O)NCC1CCN([C@H]2CCN(c3ccc(S(=O)(=O)Nc4nccs4)cc3)C2=O)CC1.O=C1[C@@H](N2CCN(c3ccc(F)c(Cl)c3)CC2)CCN1c1ccc(S(=O)(=O)Nc2nccs2)cc1.[HH].[HH].[HH].[HH].[HH]. The lowest BCUT2D eigenvalue weighted by atomic mass is 9.95. The number of likely N-dealkylation sites (tertiary alicyclic amines) is 1. The van der Waals surface area contributed by atoms with Crippen molar-refractivity contribution in [3.05, 3.63) is 101 Å². The summed E-state index contributed by atoms with van der Waals surface area (Å²) in [7, 11) is -7.48. The van der Waals surface area contributed by atoms with Crippen LogP contribution in [0.1, 0.15) is 53.6 Å². The molecule has 390 valence electrons. The molecule has 6 heterocycles. The number of alkyl carbamates (subject to hydrolysis) is 1. The van der Waals surface area contributed by atoms with Gasteiger partial charge < -0.3 is 24.8 Å². The number of ether oxygens (including phenoxy) is 1. The van der Waals surface area contributed by atoms with Gasteiger partial charge in [-0.1, -0.05) is 11.6 Å². The van der Waals surface area contributed by atoms with Gasteiger partial charge in [0.05, 0.1) is 26.9 Å². The summed E-state index contributed by atoms with van der Waals surface area (Å²) in [6, 6.07) is 17.0. The fraction of sp³-hybridized carbons (Fsp3) is 0.426. The molecule has 4 aliphatic heterocycles. The zero-order valence-corrected chi connectivity index (χ0v) is 43.4. The Morgan fingerprint density at radius 3 is 1.61 bits per heavy atom. The fourth-order valence-electron chi connectivity index (χ4n) is 9.01. The first-order valence-electron chi connectivity index (χ1n) is 23.2. The number of nitrogens with one attached hydrogen (secondary N) is 3. The average molecular weight is 1080 g/mol. The molecule has 5 aromatic rings. The Bertz CT molecular complexity index is 2890. The van der Waals surface area contributed by atoms with Gasteiger partial charge in [-0.25, -0.2) is 36.0 Å². The standard InChI is InChI=1S/C24H33N5O5S2.C23H23ClFN5O3S2.5H2/c1-24(2,3)34-23(31)26-16-17-8-12-28(13-9-17)20-10-14-29(21(20)30)18-4-6-19(7-5-18)36(32,33)27-22-25-11-15-35-22;24-19-15-17(3-6-20(19)25)28-10-12-29(13-11-28)21-7-9-30(22(21)31)16-1-4-18(5-2-16)35(32,33)27-23-26-8-14-34-23;;;;;/h4-7,11,15,17,20H,8-10,12-14,16H2,1-3H3,(H,25,27)(H,26,31);1-6,8,14-15,21H,7,9-13H2,(H,26,27);5*1H/t20-;21-;;;;;/m00...../s1. The number of sulfonamides is 2. The Morgan fingerprint density at radius 2 is 1.17 bits per heavy atom. The van der Waals surface area contributed by atoms with Crippen LogP contribution in [-0.2, 0) is 34.4 Å². The van der Waals surface area contributed by atoms with E-state index in [1.54, 1.807) is 57.0 Å². The van der Waals surface area contributed by atoms with E-state index in [0.717, 1.165) is 38.0 Å². The summed E-state index contributed by atoms with van der Waals surface area (Å²) in [5, 5.41) is 6.94. The molecular weight excluding hydrogens is 1020 g/mol. The predicted molar refractivity (Wildman–Crippen MR) is 285 cm³/mol. The highest BCUT2D eigenvalue weighted by molar-refractivity contribution is 7.93. The van der Waals surface area contributed by atoms with Gasteiger partial charge in [-0.2, -0.15) is 0 Å². The number of aromatic nitrogens is 2. The van der Waals surface area contributed by atoms with Crippen molar-refractivity contribution in [3.8, 4) is 0 Å². The van der Waals surface area contributed by atoms with Crippen LogP contribution in [0.2, 0.25) is 5.02 Å². The molecule has 9 rings (SSSR count). The molecule has 2 aromatic heterocycles. The Labute approximate surface area is 433 Å². The number of hydrogen-bond acceptors (Lipinski definition) is 15. The smallest absolute Gasteiger partial charge is 0.407 e. The van der Waals surface area contributed by atoms with Crippen molar-refractivity contribution in [3.63, 3.8) is 0 Å². The lowest BCUT2D eigenvalue weighted by Gasteiger charge is -2.38. The van der Waals surface area contributed by atoms with Gasteiger partial charge in [-0.3, -0.25) is 28.8 Å². The van der Waals surface area contributed by atoms with Gasteiger partial charge in [-0.15, -0.1) is 22.7 Å². The summed E-state index contributed by atoms with van der Waals surface area (Å²) in [6.07, 6.45) is 5.89. The van der Waals surface area contributed by atoms with E-state index in [4.69, 9.17) is 16.3 Å². The molecule has 0 radical (unpaired) electrons. The van der Waals surface area contributed by atoms with E-state index in [9.17, 15) is 35.6 Å². The molecule has 3 N–H and O–H groups in total. The van der Waals surface area contributed by atoms with Crippen LogP contribution in [0.4, 0.5) is 36.5 Å². The van der Waals surface area contributed by atoms with Gasteiger partial charge in [-0.05, 0) is 132 Å². The van der Waals surface area contributed by atoms with Gasteiger partial charge in [0, 0.05) is 93.2 Å². The maximum Gasteiger partial charge on any atom is 0.407 e. The van der Waals surface area contributed by atoms with E-state index in [1.165, 1.54) is 65.4 Å². The van der Waals surface area contributed by atoms with Crippen molar-refractivity contribution in [2.45, 2.75) is 73.9 Å². The monoisotopic (exact) mass is 1080 g/mol. The fourth-order valence-corrected chi connectivity index (χ4v) is 12.8. The molecule has 24 heteroatoms. The molecule has 0 spiro atoms. The van der Waals surface area contributed by atoms with Crippen molar-refractivity contribution in [2.24, 2.45) is 5.92 Å². The van der Waals surface area contributed by atoms with Crippen molar-refractivity contribution in [2.75, 3.05) is 83.0 Å². The Hall–Kier alpha value is -5.43. The second-order valence-corrected chi connectivity index (χ2v) is 24.0. The Morgan fingerprint density at radius 1 is 0.704 bits per heavy atom. The third kappa shape index (κ3) is 13.0. The van der Waals surface area contributed by atoms with E-state index >= 15 is 0 Å². The molecule has 3 aromatic carbocycles. The van der Waals surface area contributed by atoms with Crippen LogP contribution in [0.25, 0.3) is 0 Å². The molecule has 4 fully saturated rings. The molecule has 0 bridgehead atoms. The number of carbonyl (C=O) groups is 3. The largest absolute Gasteiger partial charge is 0.444 e. The first kappa shape index (κ1) is 51.9. The van der Waals surface area contributed by atoms with Crippen molar-refractivity contribution in [1.82, 2.24) is 25.1 Å². The number of rotatable bonds is 13. The summed E-state index contributed by atoms with van der Waals surface area (Å²) in [4.78, 5) is 56.4. The number of amides is 3. The van der Waals surface area contributed by atoms with Gasteiger partial charge in [0.1, 0.15) is 11.4 Å². The molecule has 71 heavy (non-hydrogen) atoms. The first-order chi connectivity index (χ1) is 33.8. The summed E-state index contributed by atoms with van der Waals surface area (Å²) in [6.45, 7) is 11.7. The molecule has 18 nitrogen and oxygen atoms in total. The number of anilines is 5. The first-order valence-corrected chi connectivity index (χ1v) is 28.3. The van der Waals surface area contributed by atoms with Crippen molar-refractivity contribution >= 4 is 99.6 Å². The lowest BCUT2D eigenvalue weighted by Crippen LogP contribution is -2.52. The second-order valence-electron chi connectivity index (χ2n) is 18.4. The van der Waals surface area contributed by atoms with Crippen LogP contribution in [0.15, 0.2) is 99.7 Å². The minimum absolute atomic E-state index is 0. The maximum atomic E-state index is 13.5. The van der Waals surface area contributed by atoms with E-state index in [1.807, 2.05) is 20.8 Å². The third-order valence-electron chi connectivity index (χ3n) is 12.6. The number of hydrogen-bond donors (Lipinski definition) is 3. The van der Waals surface area contributed by atoms with Crippen LogP contribution in [0.5, 0.6) is 0 Å². The van der Waals surface area contributed by atoms with Crippen molar-refractivity contribution in [1.29, 1.82) is 0 Å². The van der Waals surface area contributed by atoms with Crippen molar-refractivity contribution < 1.29 is 47.5 Å². The zero-order valence-electron chi connectivity index (χ0n) is 39.4. The molecular formula is C47H66ClFN10O8S4. The summed E-state index contributed by atoms with van der Waals surface area (Å²) < 4.78 is 73.9. The van der Waals surface area contributed by atoms with Crippen LogP contribution >= 0.6 is 34.3 Å². The van der Waals surface area contributed by atoms with Gasteiger partial charge in [0.15, 0.2) is 10.3 Å². The molecule has 0 aliphatic carbocycles. The highest BCUT2D eigenvalue weighted by atomic mass is 35.5. The normalized spacial score (nSPS) is 19.6. The number of piperazine rings is 1. The average Bonchev–Trinajstić information content (AvgIpc) is 4.19. The number of piperidine rings is 1. The van der Waals surface area contributed by atoms with Gasteiger partial charge in [0.2, 0.25) is 11.8 Å². The molecule has 0 saturated carbocycles. The topological polar surface area (TPSA) is 207 Å². The number of thiazole rings is 2. The predicted octanol–water partition coefficient (Wildman–Crippen LogP) is 8.18. The third-order valence-corrected chi connectivity index (χ3v) is 17.3. The maximum absolute atomic E-state index is 13.5. The van der Waals surface area contributed by atoms with Crippen LogP contribution < -0.4 is 29.5 Å². The lowest BCUT2D eigenvalue weighted by molar-refractivity contribution is -0.122. The minimum Gasteiger partial charge on any atom is -0.444 e. The molecule has 4 saturated heterocycles. The number of benzene rings is 3. The molecule has 2 atom stereocenters. The number of halogens is 2. The van der Waals surface area contributed by atoms with E-state index < -0.39 is 37.6 Å². The van der Waals surface area contributed by atoms with Gasteiger partial charge >= 0.3 is 6.09 Å². The molecule has 3 amide bonds. The highest BCUT2D eigenvalue weighted by Gasteiger charge is 2.40. The van der Waals surface area contributed by atoms with E-state index in [-0.39, 0.29) is 45.8 Å². The Balaban J connectivity index is 0.000000376. The summed E-state index contributed by atoms with van der Waals surface area (Å²) in [5.41, 5.74) is 1.71. The van der Waals surface area contributed by atoms with Crippen LogP contribution in [0.3, 0.4) is 0 Å². The number of carbonyl (C=O) groups excluding carboxylic acids is 3. The summed E-state index contributed by atoms with van der Waals surface area (Å²) >= 11 is 8.33. The summed E-state index contributed by atoms with van der Waals surface area (Å²) in [5.74, 6) is -0.0300. The van der Waals surface area contributed by atoms with E-state index in [2.05, 4.69) is 39.4 Å². The number of nitrogens with zero attached hydrogens (tertiary/aromatic N) is 7. The highest BCUT2D eigenvalue weighted by Crippen LogP contribution is 2.31. The minimum atomic E-state index is -3.75. The van der Waals surface area contributed by atoms with Gasteiger partial charge in [0.25, 0.3) is 20.0 Å². The van der Waals surface area contributed by atoms with Crippen LogP contribution in [0, 0.1) is 11.7 Å². The van der Waals surface area contributed by atoms with Crippen LogP contribution in [-0.4, -0.2) is 131 Å². The Kier molecular flexibility index (Phi) is 16.2. The zero-order chi connectivity index (χ0) is 50.5. The molecule has 0 unspecified atom stereocenters. The molecule has 4 aliphatic rings. The quantitative estimate of drug-likeness (QED) is 0.102.